The summed E-state index contributed by atoms with van der Waals surface area (Å²) >= 11 is 0. The molecule has 3 aromatic rings. The van der Waals surface area contributed by atoms with E-state index in [1.807, 2.05) is 37.2 Å². The molecule has 0 spiro atoms. The maximum atomic E-state index is 12.6. The Morgan fingerprint density at radius 3 is 2.31 bits per heavy atom. The molecule has 0 bridgehead atoms. The van der Waals surface area contributed by atoms with Crippen LogP contribution in [0.5, 0.6) is 0 Å². The summed E-state index contributed by atoms with van der Waals surface area (Å²) in [6.45, 7) is 1.52. The van der Waals surface area contributed by atoms with Gasteiger partial charge in [-0.2, -0.15) is 0 Å². The van der Waals surface area contributed by atoms with Crippen LogP contribution in [0.2, 0.25) is 0 Å². The molecule has 134 valence electrons. The number of hydrogen-bond acceptors (Lipinski definition) is 2. The number of carbonyl (C=O) groups excluding carboxylic acids is 1. The van der Waals surface area contributed by atoms with Crippen molar-refractivity contribution in [3.8, 4) is 11.1 Å². The standard InChI is InChI=1S/C21H24N4O/c1-24(2)16-21(26)25(15-20-22-12-13-23-20)14-17-8-10-19(11-9-17)18-6-4-3-5-7-18/h3-13H,14-16H2,1-2H3,(H,22,23)/p+1. The number of benzene rings is 2. The van der Waals surface area contributed by atoms with Crippen LogP contribution >= 0.6 is 0 Å². The van der Waals surface area contributed by atoms with Crippen LogP contribution in [0.15, 0.2) is 67.0 Å². The molecule has 5 heteroatoms. The van der Waals surface area contributed by atoms with Gasteiger partial charge >= 0.3 is 0 Å². The second kappa shape index (κ2) is 8.45. The molecule has 0 saturated heterocycles. The van der Waals surface area contributed by atoms with Crippen LogP contribution in [0.3, 0.4) is 0 Å². The van der Waals surface area contributed by atoms with Crippen LogP contribution in [0.25, 0.3) is 11.1 Å². The van der Waals surface area contributed by atoms with Crippen molar-refractivity contribution >= 4 is 5.91 Å². The highest BCUT2D eigenvalue weighted by atomic mass is 16.2. The van der Waals surface area contributed by atoms with Gasteiger partial charge in [0.15, 0.2) is 6.54 Å². The van der Waals surface area contributed by atoms with E-state index in [1.54, 1.807) is 12.4 Å². The highest BCUT2D eigenvalue weighted by Gasteiger charge is 2.18. The summed E-state index contributed by atoms with van der Waals surface area (Å²) in [4.78, 5) is 22.9. The minimum Gasteiger partial charge on any atom is -0.347 e. The van der Waals surface area contributed by atoms with Crippen molar-refractivity contribution in [1.29, 1.82) is 0 Å². The maximum absolute atomic E-state index is 12.6. The number of nitrogens with zero attached hydrogens (tertiary/aromatic N) is 2. The zero-order valence-corrected chi connectivity index (χ0v) is 15.3. The second-order valence-corrected chi connectivity index (χ2v) is 6.73. The predicted octanol–water partition coefficient (Wildman–Crippen LogP) is 1.75. The molecule has 0 aliphatic rings. The molecular weight excluding hydrogens is 324 g/mol. The number of aromatic amines is 1. The summed E-state index contributed by atoms with van der Waals surface area (Å²) in [6, 6.07) is 18.7. The molecule has 1 heterocycles. The Kier molecular flexibility index (Phi) is 5.81. The van der Waals surface area contributed by atoms with Gasteiger partial charge in [-0.05, 0) is 16.7 Å². The zero-order chi connectivity index (χ0) is 18.4. The molecule has 2 aromatic carbocycles. The summed E-state index contributed by atoms with van der Waals surface area (Å²) in [5, 5.41) is 0. The van der Waals surface area contributed by atoms with Crippen molar-refractivity contribution in [2.24, 2.45) is 0 Å². The molecule has 0 unspecified atom stereocenters. The summed E-state index contributed by atoms with van der Waals surface area (Å²) in [5.74, 6) is 0.918. The fourth-order valence-corrected chi connectivity index (χ4v) is 2.87. The van der Waals surface area contributed by atoms with Crippen LogP contribution in [-0.4, -0.2) is 41.4 Å². The van der Waals surface area contributed by atoms with Crippen molar-refractivity contribution in [2.45, 2.75) is 13.1 Å². The van der Waals surface area contributed by atoms with Gasteiger partial charge in [0.05, 0.1) is 20.6 Å². The molecule has 0 aliphatic heterocycles. The Balaban J connectivity index is 1.74. The van der Waals surface area contributed by atoms with Crippen LogP contribution < -0.4 is 4.90 Å². The number of quaternary nitrogens is 1. The average molecular weight is 349 g/mol. The third kappa shape index (κ3) is 4.80. The van der Waals surface area contributed by atoms with Gasteiger partial charge < -0.3 is 14.8 Å². The molecule has 1 aromatic heterocycles. The molecule has 3 rings (SSSR count). The number of aromatic nitrogens is 2. The quantitative estimate of drug-likeness (QED) is 0.683. The molecule has 0 radical (unpaired) electrons. The van der Waals surface area contributed by atoms with E-state index in [1.165, 1.54) is 11.1 Å². The van der Waals surface area contributed by atoms with Crippen molar-refractivity contribution < 1.29 is 9.69 Å². The van der Waals surface area contributed by atoms with Crippen LogP contribution in [-0.2, 0) is 17.9 Å². The fraction of sp³-hybridized carbons (Fsp3) is 0.238. The first-order valence-corrected chi connectivity index (χ1v) is 8.81. The Bertz CT molecular complexity index is 811. The van der Waals surface area contributed by atoms with E-state index < -0.39 is 0 Å². The first kappa shape index (κ1) is 17.9. The van der Waals surface area contributed by atoms with E-state index in [0.29, 0.717) is 19.6 Å². The smallest absolute Gasteiger partial charge is 0.278 e. The van der Waals surface area contributed by atoms with E-state index in [2.05, 4.69) is 46.4 Å². The van der Waals surface area contributed by atoms with Crippen molar-refractivity contribution in [1.82, 2.24) is 14.9 Å². The molecule has 0 fully saturated rings. The Morgan fingerprint density at radius 2 is 1.69 bits per heavy atom. The Labute approximate surface area is 154 Å². The molecular formula is C21H25N4O+. The van der Waals surface area contributed by atoms with Gasteiger partial charge in [0.1, 0.15) is 5.82 Å². The number of hydrogen-bond donors (Lipinski definition) is 2. The predicted molar refractivity (Wildman–Crippen MR) is 102 cm³/mol. The monoisotopic (exact) mass is 349 g/mol. The Hall–Kier alpha value is -2.92. The third-order valence-electron chi connectivity index (χ3n) is 4.19. The van der Waals surface area contributed by atoms with Crippen LogP contribution in [0.4, 0.5) is 0 Å². The fourth-order valence-electron chi connectivity index (χ4n) is 2.87. The van der Waals surface area contributed by atoms with E-state index >= 15 is 0 Å². The lowest BCUT2D eigenvalue weighted by molar-refractivity contribution is -0.849. The number of H-pyrrole nitrogens is 1. The number of amides is 1. The van der Waals surface area contributed by atoms with Crippen LogP contribution in [0, 0.1) is 0 Å². The van der Waals surface area contributed by atoms with Gasteiger partial charge in [0.2, 0.25) is 0 Å². The summed E-state index contributed by atoms with van der Waals surface area (Å²) in [7, 11) is 3.97. The summed E-state index contributed by atoms with van der Waals surface area (Å²) in [5.41, 5.74) is 3.48. The van der Waals surface area contributed by atoms with Gasteiger partial charge in [-0.3, -0.25) is 4.79 Å². The van der Waals surface area contributed by atoms with Gasteiger partial charge in [0.25, 0.3) is 5.91 Å². The van der Waals surface area contributed by atoms with Gasteiger partial charge in [-0.25, -0.2) is 4.98 Å². The molecule has 2 N–H and O–H groups in total. The number of likely N-dealkylation sites (N-methyl/N-ethyl adjacent to an activating group) is 1. The molecule has 26 heavy (non-hydrogen) atoms. The van der Waals surface area contributed by atoms with Crippen LogP contribution in [0.1, 0.15) is 11.4 Å². The lowest BCUT2D eigenvalue weighted by atomic mass is 10.0. The van der Waals surface area contributed by atoms with E-state index in [4.69, 9.17) is 0 Å². The second-order valence-electron chi connectivity index (χ2n) is 6.73. The number of carbonyl (C=O) groups is 1. The molecule has 0 atom stereocenters. The average Bonchev–Trinajstić information content (AvgIpc) is 3.15. The van der Waals surface area contributed by atoms with E-state index in [-0.39, 0.29) is 5.91 Å². The Morgan fingerprint density at radius 1 is 1.00 bits per heavy atom. The van der Waals surface area contributed by atoms with Crippen molar-refractivity contribution in [3.05, 3.63) is 78.4 Å². The van der Waals surface area contributed by atoms with Gasteiger partial charge in [-0.1, -0.05) is 54.6 Å². The summed E-state index contributed by atoms with van der Waals surface area (Å²) < 4.78 is 0. The number of nitrogens with one attached hydrogen (secondary N) is 2. The summed E-state index contributed by atoms with van der Waals surface area (Å²) in [6.07, 6.45) is 3.49. The first-order chi connectivity index (χ1) is 12.6. The largest absolute Gasteiger partial charge is 0.347 e. The molecule has 1 amide bonds. The molecule has 0 saturated carbocycles. The highest BCUT2D eigenvalue weighted by Crippen LogP contribution is 2.20. The highest BCUT2D eigenvalue weighted by molar-refractivity contribution is 5.77. The van der Waals surface area contributed by atoms with E-state index in [0.717, 1.165) is 16.3 Å². The number of rotatable bonds is 7. The topological polar surface area (TPSA) is 53.4 Å². The minimum atomic E-state index is 0.119. The third-order valence-corrected chi connectivity index (χ3v) is 4.19. The van der Waals surface area contributed by atoms with Crippen molar-refractivity contribution in [2.75, 3.05) is 20.6 Å². The first-order valence-electron chi connectivity index (χ1n) is 8.81. The van der Waals surface area contributed by atoms with Gasteiger partial charge in [0, 0.05) is 18.9 Å². The maximum Gasteiger partial charge on any atom is 0.278 e. The van der Waals surface area contributed by atoms with Crippen molar-refractivity contribution in [3.63, 3.8) is 0 Å². The normalized spacial score (nSPS) is 10.9. The molecule has 5 nitrogen and oxygen atoms in total. The lowest BCUT2D eigenvalue weighted by Crippen LogP contribution is -3.07. The van der Waals surface area contributed by atoms with Gasteiger partial charge in [-0.15, -0.1) is 0 Å². The zero-order valence-electron chi connectivity index (χ0n) is 15.3. The minimum absolute atomic E-state index is 0.119. The SMILES string of the molecule is C[NH+](C)CC(=O)N(Cc1ccc(-c2ccccc2)cc1)Cc1ncc[nH]1. The lowest BCUT2D eigenvalue weighted by Gasteiger charge is -2.22. The molecule has 0 aliphatic carbocycles. The number of imidazole rings is 1. The van der Waals surface area contributed by atoms with E-state index in [9.17, 15) is 4.79 Å².